The number of aromatic nitrogens is 2. The van der Waals surface area contributed by atoms with Gasteiger partial charge >= 0.3 is 17.9 Å². The van der Waals surface area contributed by atoms with Crippen molar-refractivity contribution in [1.29, 1.82) is 0 Å². The third-order valence-electron chi connectivity index (χ3n) is 10.1. The number of esters is 3. The van der Waals surface area contributed by atoms with E-state index in [0.29, 0.717) is 36.8 Å². The summed E-state index contributed by atoms with van der Waals surface area (Å²) < 4.78 is 25.4. The molecule has 2 aliphatic carbocycles. The molecule has 3 aliphatic rings. The zero-order chi connectivity index (χ0) is 33.6. The third-order valence-corrected chi connectivity index (χ3v) is 10.1. The first-order valence-corrected chi connectivity index (χ1v) is 17.0. The van der Waals surface area contributed by atoms with E-state index in [2.05, 4.69) is 37.7 Å². The van der Waals surface area contributed by atoms with E-state index in [0.717, 1.165) is 48.8 Å². The largest absolute Gasteiger partial charge is 0.465 e. The SMILES string of the molecule is CCCCCC(=O)OC[C@]12CCC(=C(C)C)[C@@H]1C(OC(=O)c1cccnc1)C[C@]1(C)O[C@@H]1CC/C(C)=C/[C@@H]2OC(=O)c1cccnc1. The molecular formula is C38H48N2O7. The maximum atomic E-state index is 13.7. The third kappa shape index (κ3) is 8.00. The number of ether oxygens (including phenoxy) is 4. The number of allylic oxidation sites excluding steroid dienone is 2. The average Bonchev–Trinajstić information content (AvgIpc) is 3.53. The van der Waals surface area contributed by atoms with Crippen LogP contribution >= 0.6 is 0 Å². The van der Waals surface area contributed by atoms with Crippen LogP contribution in [-0.4, -0.2) is 58.4 Å². The molecule has 47 heavy (non-hydrogen) atoms. The molecule has 1 saturated heterocycles. The van der Waals surface area contributed by atoms with Gasteiger partial charge < -0.3 is 18.9 Å². The molecule has 2 aromatic rings. The Morgan fingerprint density at radius 3 is 2.28 bits per heavy atom. The Balaban J connectivity index is 1.63. The Morgan fingerprint density at radius 1 is 0.979 bits per heavy atom. The van der Waals surface area contributed by atoms with Gasteiger partial charge in [0.1, 0.15) is 18.8 Å². The van der Waals surface area contributed by atoms with Crippen molar-refractivity contribution < 1.29 is 33.3 Å². The summed E-state index contributed by atoms with van der Waals surface area (Å²) in [6.45, 7) is 10.3. The van der Waals surface area contributed by atoms with Gasteiger partial charge in [-0.2, -0.15) is 0 Å². The second kappa shape index (κ2) is 14.9. The number of pyridine rings is 2. The lowest BCUT2D eigenvalue weighted by Gasteiger charge is -2.43. The minimum absolute atomic E-state index is 0.00212. The van der Waals surface area contributed by atoms with Crippen LogP contribution in [0.25, 0.3) is 0 Å². The van der Waals surface area contributed by atoms with Crippen molar-refractivity contribution >= 4 is 17.9 Å². The second-order valence-corrected chi connectivity index (χ2v) is 13.8. The van der Waals surface area contributed by atoms with Crippen LogP contribution in [0.3, 0.4) is 0 Å². The molecule has 9 heteroatoms. The smallest absolute Gasteiger partial charge is 0.340 e. The van der Waals surface area contributed by atoms with Crippen molar-refractivity contribution in [3.8, 4) is 0 Å². The zero-order valence-corrected chi connectivity index (χ0v) is 28.3. The van der Waals surface area contributed by atoms with E-state index in [-0.39, 0.29) is 18.7 Å². The summed E-state index contributed by atoms with van der Waals surface area (Å²) in [4.78, 5) is 48.9. The molecule has 9 nitrogen and oxygen atoms in total. The molecule has 0 aromatic carbocycles. The lowest BCUT2D eigenvalue weighted by atomic mass is 9.68. The van der Waals surface area contributed by atoms with Gasteiger partial charge in [0, 0.05) is 43.5 Å². The predicted molar refractivity (Wildman–Crippen MR) is 176 cm³/mol. The fourth-order valence-electron chi connectivity index (χ4n) is 7.39. The second-order valence-electron chi connectivity index (χ2n) is 13.8. The minimum Gasteiger partial charge on any atom is -0.465 e. The summed E-state index contributed by atoms with van der Waals surface area (Å²) in [5.41, 5.74) is 2.53. The minimum atomic E-state index is -0.920. The van der Waals surface area contributed by atoms with E-state index in [1.54, 1.807) is 36.7 Å². The summed E-state index contributed by atoms with van der Waals surface area (Å²) in [7, 11) is 0. The summed E-state index contributed by atoms with van der Waals surface area (Å²) in [5.74, 6) is -1.71. The van der Waals surface area contributed by atoms with Crippen molar-refractivity contribution in [1.82, 2.24) is 9.97 Å². The van der Waals surface area contributed by atoms with E-state index < -0.39 is 41.1 Å². The Labute approximate surface area is 278 Å². The van der Waals surface area contributed by atoms with Crippen LogP contribution in [0.4, 0.5) is 0 Å². The van der Waals surface area contributed by atoms with Gasteiger partial charge in [-0.25, -0.2) is 9.59 Å². The molecule has 2 fully saturated rings. The number of nitrogens with zero attached hydrogens (tertiary/aromatic N) is 2. The van der Waals surface area contributed by atoms with E-state index in [4.69, 9.17) is 18.9 Å². The maximum absolute atomic E-state index is 13.7. The number of epoxide rings is 1. The molecule has 1 saturated carbocycles. The van der Waals surface area contributed by atoms with E-state index in [9.17, 15) is 14.4 Å². The van der Waals surface area contributed by atoms with Gasteiger partial charge in [-0.15, -0.1) is 0 Å². The van der Waals surface area contributed by atoms with Crippen molar-refractivity contribution in [3.63, 3.8) is 0 Å². The number of fused-ring (bicyclic) bond motifs is 2. The molecule has 0 amide bonds. The van der Waals surface area contributed by atoms with E-state index in [1.807, 2.05) is 13.0 Å². The highest BCUT2D eigenvalue weighted by Crippen LogP contribution is 2.57. The summed E-state index contributed by atoms with van der Waals surface area (Å²) in [5, 5.41) is 0. The first kappa shape index (κ1) is 34.5. The number of carbonyl (C=O) groups is 3. The van der Waals surface area contributed by atoms with Gasteiger partial charge in [-0.1, -0.05) is 36.5 Å². The van der Waals surface area contributed by atoms with Crippen molar-refractivity contribution in [2.45, 2.75) is 116 Å². The number of hydrogen-bond acceptors (Lipinski definition) is 9. The topological polar surface area (TPSA) is 117 Å². The van der Waals surface area contributed by atoms with Crippen LogP contribution in [0.1, 0.15) is 113 Å². The zero-order valence-electron chi connectivity index (χ0n) is 28.3. The van der Waals surface area contributed by atoms with Gasteiger partial charge in [0.2, 0.25) is 0 Å². The Kier molecular flexibility index (Phi) is 11.0. The van der Waals surface area contributed by atoms with Gasteiger partial charge in [0.25, 0.3) is 0 Å². The molecule has 1 aliphatic heterocycles. The quantitative estimate of drug-likeness (QED) is 0.0859. The lowest BCUT2D eigenvalue weighted by Crippen LogP contribution is -2.50. The van der Waals surface area contributed by atoms with Gasteiger partial charge in [-0.3, -0.25) is 14.8 Å². The molecule has 5 rings (SSSR count). The number of carbonyl (C=O) groups excluding carboxylic acids is 3. The fourth-order valence-corrected chi connectivity index (χ4v) is 7.39. The lowest BCUT2D eigenvalue weighted by molar-refractivity contribution is -0.153. The first-order chi connectivity index (χ1) is 22.6. The van der Waals surface area contributed by atoms with Crippen LogP contribution in [0.15, 0.2) is 71.8 Å². The monoisotopic (exact) mass is 644 g/mol. The van der Waals surface area contributed by atoms with Crippen molar-refractivity contribution in [2.75, 3.05) is 6.61 Å². The number of hydrogen-bond donors (Lipinski definition) is 0. The molecule has 0 N–H and O–H groups in total. The van der Waals surface area contributed by atoms with Gasteiger partial charge in [0.15, 0.2) is 0 Å². The molecular weight excluding hydrogens is 596 g/mol. The normalized spacial score (nSPS) is 29.6. The number of rotatable bonds is 10. The predicted octanol–water partition coefficient (Wildman–Crippen LogP) is 7.37. The Hall–Kier alpha value is -3.85. The Morgan fingerprint density at radius 2 is 1.66 bits per heavy atom. The van der Waals surface area contributed by atoms with Gasteiger partial charge in [-0.05, 0) is 90.1 Å². The molecule has 1 unspecified atom stereocenters. The standard InChI is InChI=1S/C38H48N2O7/c1-6-7-8-13-33(41)44-24-38-17-16-29(25(2)3)34(38)30(45-35(42)27-11-9-18-39-22-27)21-37(5)31(47-37)15-14-26(4)20-32(38)46-36(43)28-12-10-19-40-23-28/h9-12,18-20,22-23,30-32,34H,6-8,13-17,21,24H2,1-5H3/b26-20+/t30?,31-,32+,34-,37+,38+/m1/s1. The molecule has 2 aromatic heterocycles. The molecule has 6 atom stereocenters. The molecule has 0 spiro atoms. The van der Waals surface area contributed by atoms with Crippen LogP contribution in [0.5, 0.6) is 0 Å². The van der Waals surface area contributed by atoms with Crippen molar-refractivity contribution in [3.05, 3.63) is 83.0 Å². The Bertz CT molecular complexity index is 1490. The highest BCUT2D eigenvalue weighted by molar-refractivity contribution is 5.89. The average molecular weight is 645 g/mol. The van der Waals surface area contributed by atoms with E-state index >= 15 is 0 Å². The van der Waals surface area contributed by atoms with Gasteiger partial charge in [0.05, 0.1) is 28.2 Å². The van der Waals surface area contributed by atoms with E-state index in [1.165, 1.54) is 12.4 Å². The number of unbranched alkanes of at least 4 members (excludes halogenated alkanes) is 2. The molecule has 0 radical (unpaired) electrons. The van der Waals surface area contributed by atoms with Crippen molar-refractivity contribution in [2.24, 2.45) is 11.3 Å². The summed E-state index contributed by atoms with van der Waals surface area (Å²) in [6, 6.07) is 6.76. The van der Waals surface area contributed by atoms with Crippen LogP contribution in [0.2, 0.25) is 0 Å². The maximum Gasteiger partial charge on any atom is 0.340 e. The molecule has 252 valence electrons. The fraction of sp³-hybridized carbons (Fsp3) is 0.553. The first-order valence-electron chi connectivity index (χ1n) is 17.0. The van der Waals surface area contributed by atoms with Crippen LogP contribution < -0.4 is 0 Å². The molecule has 0 bridgehead atoms. The summed E-state index contributed by atoms with van der Waals surface area (Å²) in [6.07, 6.45) is 13.0. The highest BCUT2D eigenvalue weighted by atomic mass is 16.6. The van der Waals surface area contributed by atoms with Crippen LogP contribution in [-0.2, 0) is 23.7 Å². The molecule has 3 heterocycles. The highest BCUT2D eigenvalue weighted by Gasteiger charge is 2.61. The van der Waals surface area contributed by atoms with Crippen LogP contribution in [0, 0.1) is 11.3 Å². The summed E-state index contributed by atoms with van der Waals surface area (Å²) >= 11 is 0.